The number of esters is 1. The van der Waals surface area contributed by atoms with E-state index in [1.807, 2.05) is 12.1 Å². The van der Waals surface area contributed by atoms with Gasteiger partial charge in [-0.1, -0.05) is 19.4 Å². The third-order valence-corrected chi connectivity index (χ3v) is 6.85. The largest absolute Gasteiger partial charge is 0.504 e. The molecule has 2 aromatic rings. The maximum atomic E-state index is 12.5. The van der Waals surface area contributed by atoms with Crippen LogP contribution in [-0.4, -0.2) is 72.4 Å². The van der Waals surface area contributed by atoms with E-state index in [0.717, 1.165) is 43.6 Å². The summed E-state index contributed by atoms with van der Waals surface area (Å²) in [6.07, 6.45) is 4.46. The van der Waals surface area contributed by atoms with Crippen molar-refractivity contribution in [2.24, 2.45) is 11.8 Å². The van der Waals surface area contributed by atoms with Crippen molar-refractivity contribution in [1.29, 1.82) is 0 Å². The highest BCUT2D eigenvalue weighted by Crippen LogP contribution is 2.47. The number of hydrogen-bond donors (Lipinski definition) is 3. The maximum Gasteiger partial charge on any atom is 0.414 e. The molecule has 35 heavy (non-hydrogen) atoms. The number of benzene rings is 1. The average Bonchev–Trinajstić information content (AvgIpc) is 3.25. The van der Waals surface area contributed by atoms with Crippen molar-refractivity contribution in [2.45, 2.75) is 32.2 Å². The van der Waals surface area contributed by atoms with Crippen LogP contribution in [0.5, 0.6) is 5.75 Å². The molecule has 0 saturated carbocycles. The van der Waals surface area contributed by atoms with Gasteiger partial charge in [0.1, 0.15) is 5.75 Å². The Hall–Kier alpha value is -3.53. The fraction of sp³-hybridized carbons (Fsp3) is 0.480. The molecule has 10 heteroatoms. The first-order valence-electron chi connectivity index (χ1n) is 11.5. The molecule has 1 fully saturated rings. The van der Waals surface area contributed by atoms with Gasteiger partial charge in [-0.15, -0.1) is 0 Å². The van der Waals surface area contributed by atoms with Gasteiger partial charge in [-0.25, -0.2) is 14.4 Å². The standard InChI is InChI=1S/C23H30N2O4.C2H2O4/c1-5-14-12-25-10-9-15-21-18(7-6-8-20(21)28-3)24-22(15)19(25)11-16(14)17(13-27-2)23(26)29-4;3-1(4)2(5)6/h6-8,13-14,16,19,24H,5,9-12H2,1-4H3;(H,3,4)(H,5,6)/b17-13-;/t14-,16+,19+;/m0./s1. The minimum atomic E-state index is -1.82. The van der Waals surface area contributed by atoms with E-state index in [9.17, 15) is 4.79 Å². The molecule has 4 rings (SSSR count). The number of ether oxygens (including phenoxy) is 3. The predicted molar refractivity (Wildman–Crippen MR) is 127 cm³/mol. The molecule has 0 radical (unpaired) electrons. The van der Waals surface area contributed by atoms with Crippen LogP contribution in [0.1, 0.15) is 37.1 Å². The molecular formula is C25H32N2O8. The molecule has 3 atom stereocenters. The number of hydrogen-bond acceptors (Lipinski definition) is 7. The number of aromatic amines is 1. The Morgan fingerprint density at radius 3 is 2.46 bits per heavy atom. The van der Waals surface area contributed by atoms with Crippen molar-refractivity contribution < 1.29 is 38.8 Å². The highest BCUT2D eigenvalue weighted by atomic mass is 16.5. The number of methoxy groups -OCH3 is 3. The Morgan fingerprint density at radius 2 is 1.89 bits per heavy atom. The second-order valence-corrected chi connectivity index (χ2v) is 8.58. The Balaban J connectivity index is 0.000000509. The lowest BCUT2D eigenvalue weighted by Crippen LogP contribution is -2.47. The summed E-state index contributed by atoms with van der Waals surface area (Å²) in [5.41, 5.74) is 4.37. The number of fused-ring (bicyclic) bond motifs is 5. The van der Waals surface area contributed by atoms with Gasteiger partial charge in [-0.3, -0.25) is 4.90 Å². The smallest absolute Gasteiger partial charge is 0.414 e. The van der Waals surface area contributed by atoms with Gasteiger partial charge >= 0.3 is 17.9 Å². The normalized spacial score (nSPS) is 21.7. The van der Waals surface area contributed by atoms with Crippen molar-refractivity contribution >= 4 is 28.8 Å². The molecule has 3 N–H and O–H groups in total. The molecule has 3 heterocycles. The lowest BCUT2D eigenvalue weighted by molar-refractivity contribution is -0.159. The Kier molecular flexibility index (Phi) is 8.39. The van der Waals surface area contributed by atoms with Crippen LogP contribution < -0.4 is 4.74 Å². The van der Waals surface area contributed by atoms with Crippen LogP contribution in [-0.2, 0) is 30.3 Å². The Bertz CT molecular complexity index is 1110. The van der Waals surface area contributed by atoms with Gasteiger partial charge in [0.15, 0.2) is 0 Å². The number of aromatic nitrogens is 1. The van der Waals surface area contributed by atoms with Gasteiger partial charge in [-0.05, 0) is 42.4 Å². The second-order valence-electron chi connectivity index (χ2n) is 8.58. The first kappa shape index (κ1) is 26.1. The van der Waals surface area contributed by atoms with E-state index in [-0.39, 0.29) is 17.9 Å². The third-order valence-electron chi connectivity index (χ3n) is 6.85. The number of aliphatic carboxylic acids is 2. The number of carboxylic acid groups (broad SMARTS) is 2. The number of nitrogens with zero attached hydrogens (tertiary/aromatic N) is 1. The second kappa shape index (κ2) is 11.3. The molecule has 0 amide bonds. The first-order valence-corrected chi connectivity index (χ1v) is 11.5. The fourth-order valence-corrected chi connectivity index (χ4v) is 5.28. The van der Waals surface area contributed by atoms with Crippen LogP contribution in [0, 0.1) is 11.8 Å². The van der Waals surface area contributed by atoms with E-state index in [4.69, 9.17) is 34.0 Å². The SMILES string of the molecule is CC[C@H]1CN2CCc3c([nH]c4cccc(OC)c34)[C@H]2C[C@H]1/C(=C/OC)C(=O)OC.O=C(O)C(=O)O. The van der Waals surface area contributed by atoms with Crippen molar-refractivity contribution in [3.8, 4) is 5.75 Å². The summed E-state index contributed by atoms with van der Waals surface area (Å²) in [5.74, 6) is -2.52. The van der Waals surface area contributed by atoms with Crippen molar-refractivity contribution in [1.82, 2.24) is 9.88 Å². The predicted octanol–water partition coefficient (Wildman–Crippen LogP) is 2.98. The van der Waals surface area contributed by atoms with Crippen LogP contribution in [0.3, 0.4) is 0 Å². The Morgan fingerprint density at radius 1 is 1.17 bits per heavy atom. The average molecular weight is 489 g/mol. The zero-order chi connectivity index (χ0) is 25.7. The molecule has 0 bridgehead atoms. The monoisotopic (exact) mass is 488 g/mol. The molecule has 10 nitrogen and oxygen atoms in total. The zero-order valence-corrected chi connectivity index (χ0v) is 20.4. The van der Waals surface area contributed by atoms with Crippen LogP contribution in [0.2, 0.25) is 0 Å². The van der Waals surface area contributed by atoms with Crippen LogP contribution in [0.15, 0.2) is 30.0 Å². The molecule has 0 aliphatic carbocycles. The van der Waals surface area contributed by atoms with E-state index >= 15 is 0 Å². The Labute approximate surface area is 203 Å². The van der Waals surface area contributed by atoms with Gasteiger partial charge in [-0.2, -0.15) is 0 Å². The summed E-state index contributed by atoms with van der Waals surface area (Å²) in [6.45, 7) is 4.19. The van der Waals surface area contributed by atoms with E-state index in [2.05, 4.69) is 22.9 Å². The number of carboxylic acids is 2. The van der Waals surface area contributed by atoms with Gasteiger partial charge < -0.3 is 29.4 Å². The van der Waals surface area contributed by atoms with Crippen LogP contribution in [0.25, 0.3) is 10.9 Å². The quantitative estimate of drug-likeness (QED) is 0.251. The molecule has 2 aliphatic rings. The number of piperidine rings is 1. The number of nitrogens with one attached hydrogen (secondary N) is 1. The highest BCUT2D eigenvalue weighted by molar-refractivity contribution is 6.27. The molecule has 0 spiro atoms. The third kappa shape index (κ3) is 5.27. The van der Waals surface area contributed by atoms with Crippen molar-refractivity contribution in [3.63, 3.8) is 0 Å². The number of carbonyl (C=O) groups excluding carboxylic acids is 1. The van der Waals surface area contributed by atoms with Crippen LogP contribution >= 0.6 is 0 Å². The van der Waals surface area contributed by atoms with E-state index < -0.39 is 11.9 Å². The summed E-state index contributed by atoms with van der Waals surface area (Å²) in [5, 5.41) is 16.0. The van der Waals surface area contributed by atoms with Crippen molar-refractivity contribution in [2.75, 3.05) is 34.4 Å². The summed E-state index contributed by atoms with van der Waals surface area (Å²) in [4.78, 5) is 36.9. The first-order chi connectivity index (χ1) is 16.8. The van der Waals surface area contributed by atoms with Gasteiger partial charge in [0.2, 0.25) is 0 Å². The van der Waals surface area contributed by atoms with Crippen LogP contribution in [0.4, 0.5) is 0 Å². The van der Waals surface area contributed by atoms with Crippen molar-refractivity contribution in [3.05, 3.63) is 41.3 Å². The summed E-state index contributed by atoms with van der Waals surface area (Å²) >= 11 is 0. The zero-order valence-electron chi connectivity index (χ0n) is 20.4. The van der Waals surface area contributed by atoms with E-state index in [0.29, 0.717) is 11.5 Å². The van der Waals surface area contributed by atoms with E-state index in [1.165, 1.54) is 23.8 Å². The summed E-state index contributed by atoms with van der Waals surface area (Å²) in [6, 6.07) is 6.40. The topological polar surface area (TPSA) is 138 Å². The fourth-order valence-electron chi connectivity index (χ4n) is 5.28. The highest BCUT2D eigenvalue weighted by Gasteiger charge is 2.42. The lowest BCUT2D eigenvalue weighted by atomic mass is 9.74. The molecule has 1 aromatic carbocycles. The molecule has 190 valence electrons. The molecule has 2 aliphatic heterocycles. The number of H-pyrrole nitrogens is 1. The molecule has 0 unspecified atom stereocenters. The minimum absolute atomic E-state index is 0.105. The summed E-state index contributed by atoms with van der Waals surface area (Å²) < 4.78 is 16.0. The molecular weight excluding hydrogens is 456 g/mol. The number of rotatable bonds is 5. The maximum absolute atomic E-state index is 12.5. The summed E-state index contributed by atoms with van der Waals surface area (Å²) in [7, 11) is 4.75. The minimum Gasteiger partial charge on any atom is -0.504 e. The lowest BCUT2D eigenvalue weighted by Gasteiger charge is -2.46. The number of carbonyl (C=O) groups is 3. The molecule has 1 aromatic heterocycles. The van der Waals surface area contributed by atoms with Gasteiger partial charge in [0.05, 0.1) is 39.2 Å². The van der Waals surface area contributed by atoms with Gasteiger partial charge in [0.25, 0.3) is 0 Å². The van der Waals surface area contributed by atoms with E-state index in [1.54, 1.807) is 20.5 Å². The molecule has 1 saturated heterocycles. The van der Waals surface area contributed by atoms with Gasteiger partial charge in [0, 0.05) is 29.7 Å².